The Morgan fingerprint density at radius 3 is 2.23 bits per heavy atom. The molecular formula is C24H29NO5. The number of likely N-dealkylation sites (tertiary alicyclic amines) is 1. The highest BCUT2D eigenvalue weighted by Crippen LogP contribution is 2.25. The van der Waals surface area contributed by atoms with E-state index in [1.807, 2.05) is 30.3 Å². The van der Waals surface area contributed by atoms with Crippen molar-refractivity contribution in [1.29, 1.82) is 0 Å². The minimum absolute atomic E-state index is 0.268. The minimum atomic E-state index is -0.699. The summed E-state index contributed by atoms with van der Waals surface area (Å²) in [7, 11) is 1.32. The van der Waals surface area contributed by atoms with Gasteiger partial charge in [0.2, 0.25) is 0 Å². The Morgan fingerprint density at radius 1 is 1.00 bits per heavy atom. The van der Waals surface area contributed by atoms with Gasteiger partial charge in [0.25, 0.3) is 0 Å². The molecule has 0 unspecified atom stereocenters. The van der Waals surface area contributed by atoms with Crippen molar-refractivity contribution in [2.75, 3.05) is 13.7 Å². The molecule has 160 valence electrons. The molecule has 0 N–H and O–H groups in total. The summed E-state index contributed by atoms with van der Waals surface area (Å²) in [5.41, 5.74) is 2.69. The highest BCUT2D eigenvalue weighted by Gasteiger charge is 2.42. The summed E-state index contributed by atoms with van der Waals surface area (Å²) in [5, 5.41) is 0. The highest BCUT2D eigenvalue weighted by atomic mass is 16.6. The van der Waals surface area contributed by atoms with E-state index in [0.29, 0.717) is 13.0 Å². The molecule has 6 nitrogen and oxygen atoms in total. The molecule has 1 aliphatic heterocycles. The average Bonchev–Trinajstić information content (AvgIpc) is 3.16. The van der Waals surface area contributed by atoms with E-state index in [2.05, 4.69) is 24.3 Å². The van der Waals surface area contributed by atoms with Gasteiger partial charge in [-0.25, -0.2) is 9.59 Å². The van der Waals surface area contributed by atoms with Gasteiger partial charge in [-0.2, -0.15) is 0 Å². The van der Waals surface area contributed by atoms with Crippen LogP contribution in [0.2, 0.25) is 0 Å². The van der Waals surface area contributed by atoms with Crippen LogP contribution in [0.3, 0.4) is 0 Å². The molecule has 0 aromatic heterocycles. The Labute approximate surface area is 177 Å². The smallest absolute Gasteiger partial charge is 0.411 e. The van der Waals surface area contributed by atoms with Gasteiger partial charge >= 0.3 is 12.1 Å². The number of amides is 1. The van der Waals surface area contributed by atoms with Crippen molar-refractivity contribution in [3.63, 3.8) is 0 Å². The molecule has 0 aliphatic carbocycles. The lowest BCUT2D eigenvalue weighted by molar-refractivity contribution is -0.145. The number of methoxy groups -OCH3 is 1. The van der Waals surface area contributed by atoms with Crippen molar-refractivity contribution >= 4 is 12.1 Å². The Hall–Kier alpha value is -2.86. The Balaban J connectivity index is 1.61. The van der Waals surface area contributed by atoms with Crippen LogP contribution in [-0.4, -0.2) is 48.4 Å². The van der Waals surface area contributed by atoms with Gasteiger partial charge in [0.05, 0.1) is 26.4 Å². The van der Waals surface area contributed by atoms with Gasteiger partial charge in [-0.1, -0.05) is 54.6 Å². The number of nitrogens with zero attached hydrogens (tertiary/aromatic N) is 1. The lowest BCUT2D eigenvalue weighted by Crippen LogP contribution is -2.44. The van der Waals surface area contributed by atoms with Gasteiger partial charge in [0, 0.05) is 6.42 Å². The van der Waals surface area contributed by atoms with Crippen LogP contribution < -0.4 is 0 Å². The molecule has 0 bridgehead atoms. The first-order valence-electron chi connectivity index (χ1n) is 10.1. The van der Waals surface area contributed by atoms with E-state index in [4.69, 9.17) is 14.2 Å². The molecule has 1 amide bonds. The third-order valence-electron chi connectivity index (χ3n) is 4.91. The van der Waals surface area contributed by atoms with Gasteiger partial charge in [0.1, 0.15) is 11.6 Å². The van der Waals surface area contributed by atoms with Crippen LogP contribution in [0, 0.1) is 0 Å². The summed E-state index contributed by atoms with van der Waals surface area (Å²) < 4.78 is 16.3. The first kappa shape index (κ1) is 21.8. The molecule has 0 saturated carbocycles. The molecule has 2 atom stereocenters. The number of carbonyl (C=O) groups excluding carboxylic acids is 2. The van der Waals surface area contributed by atoms with Gasteiger partial charge < -0.3 is 14.2 Å². The van der Waals surface area contributed by atoms with E-state index in [0.717, 1.165) is 16.7 Å². The fourth-order valence-corrected chi connectivity index (χ4v) is 3.44. The average molecular weight is 411 g/mol. The van der Waals surface area contributed by atoms with Crippen LogP contribution in [0.4, 0.5) is 4.79 Å². The van der Waals surface area contributed by atoms with Crippen molar-refractivity contribution in [2.45, 2.75) is 51.5 Å². The number of rotatable bonds is 5. The van der Waals surface area contributed by atoms with Crippen molar-refractivity contribution in [2.24, 2.45) is 0 Å². The van der Waals surface area contributed by atoms with Crippen LogP contribution in [0.1, 0.15) is 32.8 Å². The first-order valence-corrected chi connectivity index (χ1v) is 10.1. The standard InChI is InChI=1S/C24H29NO5/c1-24(2,3)30-23(27)25-15-20(14-21(25)22(26)28-4)29-16-17-10-12-19(13-11-17)18-8-6-5-7-9-18/h5-13,20-21H,14-16H2,1-4H3/t20-,21-/m0/s1. The maximum atomic E-state index is 12.5. The Kier molecular flexibility index (Phi) is 6.77. The minimum Gasteiger partial charge on any atom is -0.467 e. The zero-order chi connectivity index (χ0) is 21.7. The van der Waals surface area contributed by atoms with Crippen LogP contribution in [0.5, 0.6) is 0 Å². The summed E-state index contributed by atoms with van der Waals surface area (Å²) in [4.78, 5) is 26.1. The quantitative estimate of drug-likeness (QED) is 0.682. The summed E-state index contributed by atoms with van der Waals surface area (Å²) in [6.07, 6.45) is -0.416. The summed E-state index contributed by atoms with van der Waals surface area (Å²) in [6.45, 7) is 6.07. The van der Waals surface area contributed by atoms with Crippen molar-refractivity contribution < 1.29 is 23.8 Å². The molecule has 2 aromatic rings. The Bertz CT molecular complexity index is 857. The van der Waals surface area contributed by atoms with Gasteiger partial charge in [-0.3, -0.25) is 4.90 Å². The van der Waals surface area contributed by atoms with E-state index < -0.39 is 23.7 Å². The SMILES string of the molecule is COC(=O)[C@@H]1C[C@H](OCc2ccc(-c3ccccc3)cc2)CN1C(=O)OC(C)(C)C. The van der Waals surface area contributed by atoms with Crippen LogP contribution in [0.15, 0.2) is 54.6 Å². The van der Waals surface area contributed by atoms with Crippen LogP contribution in [-0.2, 0) is 25.6 Å². The molecule has 0 spiro atoms. The largest absolute Gasteiger partial charge is 0.467 e. The first-order chi connectivity index (χ1) is 14.3. The summed E-state index contributed by atoms with van der Waals surface area (Å²) >= 11 is 0. The number of hydrogen-bond donors (Lipinski definition) is 0. The number of benzene rings is 2. The van der Waals surface area contributed by atoms with Gasteiger partial charge in [0.15, 0.2) is 0 Å². The number of carbonyl (C=O) groups is 2. The topological polar surface area (TPSA) is 65.1 Å². The van der Waals surface area contributed by atoms with Crippen molar-refractivity contribution in [3.05, 3.63) is 60.2 Å². The van der Waals surface area contributed by atoms with Crippen LogP contribution in [0.25, 0.3) is 11.1 Å². The number of esters is 1. The van der Waals surface area contributed by atoms with E-state index in [1.165, 1.54) is 12.0 Å². The van der Waals surface area contributed by atoms with E-state index in [1.54, 1.807) is 20.8 Å². The zero-order valence-electron chi connectivity index (χ0n) is 18.0. The van der Waals surface area contributed by atoms with E-state index in [-0.39, 0.29) is 12.6 Å². The monoisotopic (exact) mass is 411 g/mol. The predicted molar refractivity (Wildman–Crippen MR) is 114 cm³/mol. The van der Waals surface area contributed by atoms with Crippen LogP contribution >= 0.6 is 0 Å². The Morgan fingerprint density at radius 2 is 1.63 bits per heavy atom. The lowest BCUT2D eigenvalue weighted by atomic mass is 10.0. The maximum Gasteiger partial charge on any atom is 0.411 e. The predicted octanol–water partition coefficient (Wildman–Crippen LogP) is 4.42. The maximum absolute atomic E-state index is 12.5. The molecule has 2 aromatic carbocycles. The summed E-state index contributed by atoms with van der Waals surface area (Å²) in [5.74, 6) is -0.459. The molecule has 30 heavy (non-hydrogen) atoms. The molecule has 3 rings (SSSR count). The molecular weight excluding hydrogens is 382 g/mol. The van der Waals surface area contributed by atoms with Crippen molar-refractivity contribution in [1.82, 2.24) is 4.90 Å². The fourth-order valence-electron chi connectivity index (χ4n) is 3.44. The molecule has 6 heteroatoms. The fraction of sp³-hybridized carbons (Fsp3) is 0.417. The second-order valence-corrected chi connectivity index (χ2v) is 8.40. The second kappa shape index (κ2) is 9.30. The van der Waals surface area contributed by atoms with Gasteiger partial charge in [-0.05, 0) is 37.5 Å². The van der Waals surface area contributed by atoms with Gasteiger partial charge in [-0.15, -0.1) is 0 Å². The third-order valence-corrected chi connectivity index (χ3v) is 4.91. The van der Waals surface area contributed by atoms with E-state index in [9.17, 15) is 9.59 Å². The summed E-state index contributed by atoms with van der Waals surface area (Å²) in [6, 6.07) is 17.7. The molecule has 1 aliphatic rings. The molecule has 1 saturated heterocycles. The zero-order valence-corrected chi connectivity index (χ0v) is 18.0. The lowest BCUT2D eigenvalue weighted by Gasteiger charge is -2.27. The normalized spacial score (nSPS) is 18.9. The van der Waals surface area contributed by atoms with E-state index >= 15 is 0 Å². The second-order valence-electron chi connectivity index (χ2n) is 8.40. The van der Waals surface area contributed by atoms with Crippen molar-refractivity contribution in [3.8, 4) is 11.1 Å². The molecule has 0 radical (unpaired) electrons. The molecule has 1 heterocycles. The number of hydrogen-bond acceptors (Lipinski definition) is 5. The third kappa shape index (κ3) is 5.60. The molecule has 1 fully saturated rings. The highest BCUT2D eigenvalue weighted by molar-refractivity contribution is 5.82. The number of ether oxygens (including phenoxy) is 3.